The van der Waals surface area contributed by atoms with Gasteiger partial charge in [-0.3, -0.25) is 9.89 Å². The Morgan fingerprint density at radius 1 is 1.33 bits per heavy atom. The predicted molar refractivity (Wildman–Crippen MR) is 59.0 cm³/mol. The van der Waals surface area contributed by atoms with Crippen molar-refractivity contribution in [3.8, 4) is 0 Å². The van der Waals surface area contributed by atoms with E-state index in [2.05, 4.69) is 10.2 Å². The Hall–Kier alpha value is -1.12. The lowest BCUT2D eigenvalue weighted by atomic mass is 9.93. The number of nitrogens with zero attached hydrogens (tertiary/aromatic N) is 1. The van der Waals surface area contributed by atoms with Crippen LogP contribution < -0.4 is 0 Å². The number of Topliss-reactive ketones (excluding diaryl/α,β-unsaturated/α-hetero) is 1. The molecule has 0 aromatic carbocycles. The van der Waals surface area contributed by atoms with E-state index in [4.69, 9.17) is 0 Å². The topological polar surface area (TPSA) is 45.8 Å². The van der Waals surface area contributed by atoms with Crippen molar-refractivity contribution < 1.29 is 4.79 Å². The Kier molecular flexibility index (Phi) is 3.19. The van der Waals surface area contributed by atoms with Crippen molar-refractivity contribution in [3.63, 3.8) is 0 Å². The molecule has 0 aliphatic heterocycles. The first kappa shape index (κ1) is 10.4. The first-order valence-corrected chi connectivity index (χ1v) is 5.83. The SMILES string of the molecule is CC(=O)c1cn[nH]c1C1CCCCCC1. The second-order valence-corrected chi connectivity index (χ2v) is 4.44. The molecule has 15 heavy (non-hydrogen) atoms. The normalized spacial score (nSPS) is 18.7. The second kappa shape index (κ2) is 4.60. The smallest absolute Gasteiger partial charge is 0.163 e. The molecule has 0 atom stereocenters. The van der Waals surface area contributed by atoms with Crippen LogP contribution in [-0.2, 0) is 0 Å². The summed E-state index contributed by atoms with van der Waals surface area (Å²) in [4.78, 5) is 11.4. The lowest BCUT2D eigenvalue weighted by Gasteiger charge is -2.12. The molecule has 1 aliphatic carbocycles. The number of rotatable bonds is 2. The third kappa shape index (κ3) is 2.28. The maximum absolute atomic E-state index is 11.4. The molecular formula is C12H18N2O. The summed E-state index contributed by atoms with van der Waals surface area (Å²) in [6, 6.07) is 0. The maximum atomic E-state index is 11.4. The van der Waals surface area contributed by atoms with Crippen molar-refractivity contribution in [1.29, 1.82) is 0 Å². The molecule has 1 N–H and O–H groups in total. The van der Waals surface area contributed by atoms with E-state index in [1.54, 1.807) is 13.1 Å². The van der Waals surface area contributed by atoms with Gasteiger partial charge in [0, 0.05) is 11.6 Å². The van der Waals surface area contributed by atoms with Crippen LogP contribution in [0, 0.1) is 0 Å². The van der Waals surface area contributed by atoms with Crippen LogP contribution in [0.4, 0.5) is 0 Å². The Labute approximate surface area is 90.3 Å². The van der Waals surface area contributed by atoms with Crippen LogP contribution in [0.1, 0.15) is 67.4 Å². The number of carbonyl (C=O) groups is 1. The van der Waals surface area contributed by atoms with Gasteiger partial charge in [0.2, 0.25) is 0 Å². The van der Waals surface area contributed by atoms with Gasteiger partial charge < -0.3 is 0 Å². The van der Waals surface area contributed by atoms with Crippen molar-refractivity contribution in [3.05, 3.63) is 17.5 Å². The molecule has 0 radical (unpaired) electrons. The van der Waals surface area contributed by atoms with Crippen molar-refractivity contribution >= 4 is 5.78 Å². The minimum atomic E-state index is 0.128. The number of aromatic nitrogens is 2. The van der Waals surface area contributed by atoms with Gasteiger partial charge in [0.1, 0.15) is 0 Å². The van der Waals surface area contributed by atoms with Gasteiger partial charge in [-0.05, 0) is 19.8 Å². The summed E-state index contributed by atoms with van der Waals surface area (Å²) in [6.07, 6.45) is 9.29. The molecule has 3 nitrogen and oxygen atoms in total. The van der Waals surface area contributed by atoms with Crippen LogP contribution in [0.15, 0.2) is 6.20 Å². The van der Waals surface area contributed by atoms with Crippen LogP contribution >= 0.6 is 0 Å². The number of H-pyrrole nitrogens is 1. The maximum Gasteiger partial charge on any atom is 0.163 e. The zero-order chi connectivity index (χ0) is 10.7. The number of aromatic amines is 1. The van der Waals surface area contributed by atoms with Crippen LogP contribution in [0.3, 0.4) is 0 Å². The number of nitrogens with one attached hydrogen (secondary N) is 1. The Balaban J connectivity index is 2.19. The van der Waals surface area contributed by atoms with Crippen molar-refractivity contribution in [2.75, 3.05) is 0 Å². The Morgan fingerprint density at radius 2 is 2.00 bits per heavy atom. The quantitative estimate of drug-likeness (QED) is 0.597. The molecule has 1 fully saturated rings. The molecular weight excluding hydrogens is 188 g/mol. The third-order valence-electron chi connectivity index (χ3n) is 3.31. The summed E-state index contributed by atoms with van der Waals surface area (Å²) in [5, 5.41) is 7.02. The Bertz CT molecular complexity index is 335. The van der Waals surface area contributed by atoms with Gasteiger partial charge in [-0.25, -0.2) is 0 Å². The predicted octanol–water partition coefficient (Wildman–Crippen LogP) is 3.05. The molecule has 0 spiro atoms. The fourth-order valence-electron chi connectivity index (χ4n) is 2.46. The average Bonchev–Trinajstić information content (AvgIpc) is 2.55. The summed E-state index contributed by atoms with van der Waals surface area (Å²) in [5.74, 6) is 0.650. The molecule has 82 valence electrons. The summed E-state index contributed by atoms with van der Waals surface area (Å²) in [7, 11) is 0. The highest BCUT2D eigenvalue weighted by molar-refractivity contribution is 5.95. The molecule has 1 aliphatic rings. The average molecular weight is 206 g/mol. The van der Waals surface area contributed by atoms with Crippen molar-refractivity contribution in [1.82, 2.24) is 10.2 Å². The molecule has 0 unspecified atom stereocenters. The van der Waals surface area contributed by atoms with Crippen LogP contribution in [0.2, 0.25) is 0 Å². The van der Waals surface area contributed by atoms with E-state index in [-0.39, 0.29) is 5.78 Å². The van der Waals surface area contributed by atoms with E-state index in [1.165, 1.54) is 38.5 Å². The molecule has 0 bridgehead atoms. The summed E-state index contributed by atoms with van der Waals surface area (Å²) < 4.78 is 0. The highest BCUT2D eigenvalue weighted by Crippen LogP contribution is 2.32. The molecule has 0 saturated heterocycles. The summed E-state index contributed by atoms with van der Waals surface area (Å²) in [6.45, 7) is 1.62. The van der Waals surface area contributed by atoms with E-state index in [0.29, 0.717) is 5.92 Å². The van der Waals surface area contributed by atoms with Crippen LogP contribution in [0.25, 0.3) is 0 Å². The minimum absolute atomic E-state index is 0.128. The molecule has 1 saturated carbocycles. The highest BCUT2D eigenvalue weighted by Gasteiger charge is 2.20. The molecule has 2 rings (SSSR count). The van der Waals surface area contributed by atoms with Crippen molar-refractivity contribution in [2.24, 2.45) is 0 Å². The molecule has 0 amide bonds. The number of carbonyl (C=O) groups excluding carboxylic acids is 1. The zero-order valence-corrected chi connectivity index (χ0v) is 9.25. The number of hydrogen-bond donors (Lipinski definition) is 1. The zero-order valence-electron chi connectivity index (χ0n) is 9.25. The van der Waals surface area contributed by atoms with Gasteiger partial charge in [0.25, 0.3) is 0 Å². The molecule has 3 heteroatoms. The number of ketones is 1. The van der Waals surface area contributed by atoms with Crippen LogP contribution in [-0.4, -0.2) is 16.0 Å². The van der Waals surface area contributed by atoms with Crippen molar-refractivity contribution in [2.45, 2.75) is 51.4 Å². The summed E-state index contributed by atoms with van der Waals surface area (Å²) in [5.41, 5.74) is 1.87. The molecule has 1 aromatic heterocycles. The summed E-state index contributed by atoms with van der Waals surface area (Å²) >= 11 is 0. The van der Waals surface area contributed by atoms with E-state index < -0.39 is 0 Å². The molecule has 1 heterocycles. The fourth-order valence-corrected chi connectivity index (χ4v) is 2.46. The van der Waals surface area contributed by atoms with Gasteiger partial charge in [0.15, 0.2) is 5.78 Å². The Morgan fingerprint density at radius 3 is 2.60 bits per heavy atom. The van der Waals surface area contributed by atoms with E-state index >= 15 is 0 Å². The van der Waals surface area contributed by atoms with E-state index in [0.717, 1.165) is 11.3 Å². The van der Waals surface area contributed by atoms with E-state index in [1.807, 2.05) is 0 Å². The highest BCUT2D eigenvalue weighted by atomic mass is 16.1. The van der Waals surface area contributed by atoms with Gasteiger partial charge in [-0.2, -0.15) is 5.10 Å². The molecule has 1 aromatic rings. The van der Waals surface area contributed by atoms with Gasteiger partial charge in [-0.15, -0.1) is 0 Å². The fraction of sp³-hybridized carbons (Fsp3) is 0.667. The monoisotopic (exact) mass is 206 g/mol. The van der Waals surface area contributed by atoms with E-state index in [9.17, 15) is 4.79 Å². The van der Waals surface area contributed by atoms with Gasteiger partial charge in [-0.1, -0.05) is 25.7 Å². The third-order valence-corrected chi connectivity index (χ3v) is 3.31. The lowest BCUT2D eigenvalue weighted by Crippen LogP contribution is -2.04. The second-order valence-electron chi connectivity index (χ2n) is 4.44. The standard InChI is InChI=1S/C12H18N2O/c1-9(15)11-8-13-14-12(11)10-6-4-2-3-5-7-10/h8,10H,2-7H2,1H3,(H,13,14). The lowest BCUT2D eigenvalue weighted by molar-refractivity contribution is 0.101. The van der Waals surface area contributed by atoms with Gasteiger partial charge in [0.05, 0.1) is 11.8 Å². The first-order chi connectivity index (χ1) is 7.29. The van der Waals surface area contributed by atoms with Gasteiger partial charge >= 0.3 is 0 Å². The number of hydrogen-bond acceptors (Lipinski definition) is 2. The minimum Gasteiger partial charge on any atom is -0.294 e. The van der Waals surface area contributed by atoms with Crippen LogP contribution in [0.5, 0.6) is 0 Å². The first-order valence-electron chi connectivity index (χ1n) is 5.83. The largest absolute Gasteiger partial charge is 0.294 e.